The van der Waals surface area contributed by atoms with Crippen molar-refractivity contribution in [1.29, 1.82) is 0 Å². The Labute approximate surface area is 184 Å². The van der Waals surface area contributed by atoms with Crippen molar-refractivity contribution in [2.75, 3.05) is 5.32 Å². The monoisotopic (exact) mass is 432 g/mol. The van der Waals surface area contributed by atoms with E-state index in [0.29, 0.717) is 22.6 Å². The number of hydrogen-bond donors (Lipinski definition) is 2. The third-order valence-electron chi connectivity index (χ3n) is 4.33. The Bertz CT molecular complexity index is 1140. The summed E-state index contributed by atoms with van der Waals surface area (Å²) in [6, 6.07) is 19.2. The van der Waals surface area contributed by atoms with E-state index in [9.17, 15) is 18.8 Å². The summed E-state index contributed by atoms with van der Waals surface area (Å²) in [5.41, 5.74) is 2.53. The summed E-state index contributed by atoms with van der Waals surface area (Å²) in [6.07, 6.45) is 2.96. The SMILES string of the molecule is CC(=O)Oc1cccc(C(=O)NCc2ccc(NC(=O)/C=C/c3ccc(F)cc3)cc2)c1. The standard InChI is InChI=1S/C25H21FN2O4/c1-17(29)32-23-4-2-3-20(15-23)25(31)27-16-19-7-12-22(13-8-19)28-24(30)14-9-18-5-10-21(26)11-6-18/h2-15H,16H2,1H3,(H,27,31)(H,28,30)/b14-9+. The van der Waals surface area contributed by atoms with E-state index in [-0.39, 0.29) is 24.2 Å². The highest BCUT2D eigenvalue weighted by Gasteiger charge is 2.08. The van der Waals surface area contributed by atoms with Crippen molar-refractivity contribution in [3.8, 4) is 5.75 Å². The Morgan fingerprint density at radius 3 is 2.38 bits per heavy atom. The van der Waals surface area contributed by atoms with Crippen LogP contribution in [0.2, 0.25) is 0 Å². The van der Waals surface area contributed by atoms with Gasteiger partial charge in [0.1, 0.15) is 11.6 Å². The number of nitrogens with one attached hydrogen (secondary N) is 2. The van der Waals surface area contributed by atoms with Crippen LogP contribution >= 0.6 is 0 Å². The normalized spacial score (nSPS) is 10.6. The summed E-state index contributed by atoms with van der Waals surface area (Å²) in [6.45, 7) is 1.58. The molecular formula is C25H21FN2O4. The Balaban J connectivity index is 1.51. The molecule has 0 atom stereocenters. The highest BCUT2D eigenvalue weighted by Crippen LogP contribution is 2.14. The predicted molar refractivity (Wildman–Crippen MR) is 119 cm³/mol. The molecule has 0 radical (unpaired) electrons. The lowest BCUT2D eigenvalue weighted by Gasteiger charge is -2.08. The highest BCUT2D eigenvalue weighted by molar-refractivity contribution is 6.01. The molecule has 0 saturated carbocycles. The van der Waals surface area contributed by atoms with Crippen molar-refractivity contribution < 1.29 is 23.5 Å². The first-order valence-corrected chi connectivity index (χ1v) is 9.79. The van der Waals surface area contributed by atoms with E-state index in [1.807, 2.05) is 0 Å². The topological polar surface area (TPSA) is 84.5 Å². The molecule has 2 amide bonds. The van der Waals surface area contributed by atoms with Gasteiger partial charge in [0, 0.05) is 30.8 Å². The average molecular weight is 432 g/mol. The van der Waals surface area contributed by atoms with Crippen LogP contribution in [-0.4, -0.2) is 17.8 Å². The molecule has 0 aromatic heterocycles. The molecule has 2 N–H and O–H groups in total. The third-order valence-corrected chi connectivity index (χ3v) is 4.33. The van der Waals surface area contributed by atoms with E-state index in [1.54, 1.807) is 60.7 Å². The quantitative estimate of drug-likeness (QED) is 0.331. The summed E-state index contributed by atoms with van der Waals surface area (Å²) in [5, 5.41) is 5.53. The van der Waals surface area contributed by atoms with Crippen molar-refractivity contribution in [1.82, 2.24) is 5.32 Å². The second-order valence-electron chi connectivity index (χ2n) is 6.88. The molecule has 0 spiro atoms. The summed E-state index contributed by atoms with van der Waals surface area (Å²) < 4.78 is 17.9. The number of halogens is 1. The Kier molecular flexibility index (Phi) is 7.48. The number of rotatable bonds is 7. The maximum atomic E-state index is 12.9. The summed E-state index contributed by atoms with van der Waals surface area (Å²) in [4.78, 5) is 35.4. The number of anilines is 1. The van der Waals surface area contributed by atoms with Crippen molar-refractivity contribution in [2.45, 2.75) is 13.5 Å². The Morgan fingerprint density at radius 1 is 0.969 bits per heavy atom. The van der Waals surface area contributed by atoms with Gasteiger partial charge in [-0.3, -0.25) is 14.4 Å². The van der Waals surface area contributed by atoms with Gasteiger partial charge in [-0.2, -0.15) is 0 Å². The lowest BCUT2D eigenvalue weighted by Crippen LogP contribution is -2.22. The fraction of sp³-hybridized carbons (Fsp3) is 0.0800. The van der Waals surface area contributed by atoms with E-state index in [1.165, 1.54) is 31.2 Å². The van der Waals surface area contributed by atoms with Crippen molar-refractivity contribution in [3.63, 3.8) is 0 Å². The zero-order valence-corrected chi connectivity index (χ0v) is 17.3. The molecule has 0 saturated heterocycles. The number of carbonyl (C=O) groups is 3. The van der Waals surface area contributed by atoms with Gasteiger partial charge in [0.05, 0.1) is 0 Å². The zero-order valence-electron chi connectivity index (χ0n) is 17.3. The van der Waals surface area contributed by atoms with Gasteiger partial charge in [-0.1, -0.05) is 30.3 Å². The number of ether oxygens (including phenoxy) is 1. The highest BCUT2D eigenvalue weighted by atomic mass is 19.1. The predicted octanol–water partition coefficient (Wildman–Crippen LogP) is 4.33. The second kappa shape index (κ2) is 10.7. The van der Waals surface area contributed by atoms with Crippen molar-refractivity contribution in [3.05, 3.63) is 101 Å². The molecule has 3 aromatic rings. The van der Waals surface area contributed by atoms with Crippen LogP contribution in [0, 0.1) is 5.82 Å². The lowest BCUT2D eigenvalue weighted by atomic mass is 10.1. The van der Waals surface area contributed by atoms with Crippen molar-refractivity contribution in [2.24, 2.45) is 0 Å². The van der Waals surface area contributed by atoms with Crippen LogP contribution in [0.5, 0.6) is 5.75 Å². The minimum Gasteiger partial charge on any atom is -0.427 e. The molecule has 162 valence electrons. The van der Waals surface area contributed by atoms with Gasteiger partial charge in [-0.05, 0) is 59.7 Å². The molecular weight excluding hydrogens is 411 g/mol. The van der Waals surface area contributed by atoms with Gasteiger partial charge >= 0.3 is 5.97 Å². The minimum absolute atomic E-state index is 0.287. The third kappa shape index (κ3) is 6.91. The molecule has 0 aliphatic rings. The summed E-state index contributed by atoms with van der Waals surface area (Å²) in [7, 11) is 0. The first-order valence-electron chi connectivity index (χ1n) is 9.79. The molecule has 32 heavy (non-hydrogen) atoms. The summed E-state index contributed by atoms with van der Waals surface area (Å²) in [5.74, 6) is -1.11. The molecule has 7 heteroatoms. The van der Waals surface area contributed by atoms with Gasteiger partial charge in [0.15, 0.2) is 0 Å². The number of esters is 1. The second-order valence-corrected chi connectivity index (χ2v) is 6.88. The average Bonchev–Trinajstić information content (AvgIpc) is 2.78. The maximum absolute atomic E-state index is 12.9. The molecule has 0 aliphatic carbocycles. The van der Waals surface area contributed by atoms with Crippen LogP contribution in [0.15, 0.2) is 78.9 Å². The first-order chi connectivity index (χ1) is 15.4. The van der Waals surface area contributed by atoms with Gasteiger partial charge < -0.3 is 15.4 Å². The van der Waals surface area contributed by atoms with Crippen LogP contribution in [0.3, 0.4) is 0 Å². The molecule has 0 bridgehead atoms. The smallest absolute Gasteiger partial charge is 0.308 e. The van der Waals surface area contributed by atoms with Gasteiger partial charge in [-0.15, -0.1) is 0 Å². The fourth-order valence-electron chi connectivity index (χ4n) is 2.79. The van der Waals surface area contributed by atoms with Crippen LogP contribution in [0.1, 0.15) is 28.4 Å². The zero-order chi connectivity index (χ0) is 22.9. The molecule has 0 aliphatic heterocycles. The van der Waals surface area contributed by atoms with E-state index in [2.05, 4.69) is 10.6 Å². The van der Waals surface area contributed by atoms with E-state index in [4.69, 9.17) is 4.74 Å². The Morgan fingerprint density at radius 2 is 1.69 bits per heavy atom. The van der Waals surface area contributed by atoms with E-state index in [0.717, 1.165) is 5.56 Å². The molecule has 3 rings (SSSR count). The molecule has 6 nitrogen and oxygen atoms in total. The molecule has 3 aromatic carbocycles. The lowest BCUT2D eigenvalue weighted by molar-refractivity contribution is -0.131. The minimum atomic E-state index is -0.458. The molecule has 0 fully saturated rings. The number of amides is 2. The van der Waals surface area contributed by atoms with Crippen LogP contribution in [0.25, 0.3) is 6.08 Å². The van der Waals surface area contributed by atoms with Gasteiger partial charge in [0.25, 0.3) is 5.91 Å². The Hall–Kier alpha value is -4.26. The van der Waals surface area contributed by atoms with Crippen LogP contribution < -0.4 is 15.4 Å². The number of benzene rings is 3. The molecule has 0 unspecified atom stereocenters. The van der Waals surface area contributed by atoms with Gasteiger partial charge in [0.2, 0.25) is 5.91 Å². The van der Waals surface area contributed by atoms with Crippen molar-refractivity contribution >= 4 is 29.5 Å². The largest absolute Gasteiger partial charge is 0.427 e. The first kappa shape index (κ1) is 22.4. The fourth-order valence-corrected chi connectivity index (χ4v) is 2.79. The maximum Gasteiger partial charge on any atom is 0.308 e. The van der Waals surface area contributed by atoms with E-state index >= 15 is 0 Å². The van der Waals surface area contributed by atoms with Crippen LogP contribution in [0.4, 0.5) is 10.1 Å². The van der Waals surface area contributed by atoms with Gasteiger partial charge in [-0.25, -0.2) is 4.39 Å². The number of hydrogen-bond acceptors (Lipinski definition) is 4. The number of carbonyl (C=O) groups excluding carboxylic acids is 3. The summed E-state index contributed by atoms with van der Waals surface area (Å²) >= 11 is 0. The van der Waals surface area contributed by atoms with Crippen LogP contribution in [-0.2, 0) is 16.1 Å². The van der Waals surface area contributed by atoms with E-state index < -0.39 is 5.97 Å². The molecule has 0 heterocycles.